The predicted octanol–water partition coefficient (Wildman–Crippen LogP) is 2.66. The standard InChI is InChI=1S/C18H19N5OS/c1-12-14-10-13(11-20-18(14)25-22-12)17(24)21-15-4-2-3-5-16(15)23-8-6-19-7-9-23/h2-5,10-11,19H,6-9H2,1H3,(H,21,24). The maximum Gasteiger partial charge on any atom is 0.257 e. The third-order valence-corrected chi connectivity index (χ3v) is 5.25. The highest BCUT2D eigenvalue weighted by molar-refractivity contribution is 7.12. The molecule has 25 heavy (non-hydrogen) atoms. The smallest absolute Gasteiger partial charge is 0.257 e. The molecule has 2 N–H and O–H groups in total. The Morgan fingerprint density at radius 1 is 1.28 bits per heavy atom. The van der Waals surface area contributed by atoms with Gasteiger partial charge in [0.1, 0.15) is 4.83 Å². The van der Waals surface area contributed by atoms with Crippen molar-refractivity contribution in [2.75, 3.05) is 36.4 Å². The second-order valence-corrected chi connectivity index (χ2v) is 6.80. The number of carbonyl (C=O) groups is 1. The fourth-order valence-corrected chi connectivity index (χ4v) is 3.75. The van der Waals surface area contributed by atoms with Gasteiger partial charge in [0, 0.05) is 37.8 Å². The van der Waals surface area contributed by atoms with Crippen LogP contribution >= 0.6 is 11.5 Å². The van der Waals surface area contributed by atoms with Crippen LogP contribution in [-0.4, -0.2) is 41.4 Å². The summed E-state index contributed by atoms with van der Waals surface area (Å²) in [6.45, 7) is 5.70. The van der Waals surface area contributed by atoms with Gasteiger partial charge < -0.3 is 15.5 Å². The van der Waals surface area contributed by atoms with Gasteiger partial charge in [-0.3, -0.25) is 4.79 Å². The summed E-state index contributed by atoms with van der Waals surface area (Å²) >= 11 is 1.35. The molecule has 0 atom stereocenters. The summed E-state index contributed by atoms with van der Waals surface area (Å²) in [4.78, 5) is 20.2. The van der Waals surface area contributed by atoms with Gasteiger partial charge in [0.2, 0.25) is 0 Å². The van der Waals surface area contributed by atoms with E-state index in [1.165, 1.54) is 11.5 Å². The Morgan fingerprint density at radius 2 is 2.08 bits per heavy atom. The Balaban J connectivity index is 1.60. The van der Waals surface area contributed by atoms with Crippen molar-refractivity contribution in [2.45, 2.75) is 6.92 Å². The summed E-state index contributed by atoms with van der Waals surface area (Å²) < 4.78 is 4.29. The molecule has 0 saturated carbocycles. The van der Waals surface area contributed by atoms with E-state index in [1.54, 1.807) is 6.20 Å². The molecule has 0 bridgehead atoms. The first-order chi connectivity index (χ1) is 12.2. The molecule has 0 spiro atoms. The summed E-state index contributed by atoms with van der Waals surface area (Å²) in [5.74, 6) is -0.150. The fourth-order valence-electron chi connectivity index (χ4n) is 3.02. The number of aromatic nitrogens is 2. The Hall–Kier alpha value is -2.51. The zero-order valence-electron chi connectivity index (χ0n) is 14.0. The molecule has 3 aromatic rings. The number of piperazine rings is 1. The van der Waals surface area contributed by atoms with Gasteiger partial charge in [-0.25, -0.2) is 4.98 Å². The molecular weight excluding hydrogens is 334 g/mol. The van der Waals surface area contributed by atoms with Gasteiger partial charge in [0.25, 0.3) is 5.91 Å². The number of nitrogens with one attached hydrogen (secondary N) is 2. The number of hydrogen-bond acceptors (Lipinski definition) is 6. The van der Waals surface area contributed by atoms with Crippen molar-refractivity contribution in [3.63, 3.8) is 0 Å². The number of benzene rings is 1. The number of nitrogens with zero attached hydrogens (tertiary/aromatic N) is 3. The topological polar surface area (TPSA) is 70.2 Å². The molecule has 3 heterocycles. The van der Waals surface area contributed by atoms with Crippen LogP contribution in [-0.2, 0) is 0 Å². The highest BCUT2D eigenvalue weighted by Gasteiger charge is 2.16. The maximum atomic E-state index is 12.7. The van der Waals surface area contributed by atoms with Crippen molar-refractivity contribution in [3.8, 4) is 0 Å². The van der Waals surface area contributed by atoms with Gasteiger partial charge in [-0.05, 0) is 36.7 Å². The van der Waals surface area contributed by atoms with E-state index in [0.717, 1.165) is 53.5 Å². The number of rotatable bonds is 3. The summed E-state index contributed by atoms with van der Waals surface area (Å²) in [6.07, 6.45) is 1.61. The van der Waals surface area contributed by atoms with Gasteiger partial charge >= 0.3 is 0 Å². The molecule has 1 aliphatic heterocycles. The van der Waals surface area contributed by atoms with Gasteiger partial charge in [-0.15, -0.1) is 0 Å². The number of hydrogen-bond donors (Lipinski definition) is 2. The lowest BCUT2D eigenvalue weighted by molar-refractivity contribution is 0.102. The number of anilines is 2. The van der Waals surface area contributed by atoms with Crippen LogP contribution in [0, 0.1) is 6.92 Å². The number of aryl methyl sites for hydroxylation is 1. The van der Waals surface area contributed by atoms with E-state index in [9.17, 15) is 4.79 Å². The molecule has 2 aromatic heterocycles. The lowest BCUT2D eigenvalue weighted by atomic mass is 10.2. The molecule has 0 radical (unpaired) electrons. The molecule has 1 aromatic carbocycles. The second kappa shape index (κ2) is 6.78. The van der Waals surface area contributed by atoms with E-state index in [2.05, 4.69) is 31.0 Å². The zero-order chi connectivity index (χ0) is 17.2. The number of carbonyl (C=O) groups excluding carboxylic acids is 1. The Kier molecular flexibility index (Phi) is 4.33. The zero-order valence-corrected chi connectivity index (χ0v) is 14.8. The second-order valence-electron chi connectivity index (χ2n) is 6.05. The van der Waals surface area contributed by atoms with Crippen LogP contribution in [0.15, 0.2) is 36.5 Å². The van der Waals surface area contributed by atoms with Crippen molar-refractivity contribution in [1.29, 1.82) is 0 Å². The molecule has 0 unspecified atom stereocenters. The Bertz CT molecular complexity index is 917. The van der Waals surface area contributed by atoms with E-state index in [-0.39, 0.29) is 5.91 Å². The van der Waals surface area contributed by atoms with Crippen LogP contribution in [0.1, 0.15) is 16.1 Å². The van der Waals surface area contributed by atoms with E-state index in [1.807, 2.05) is 31.2 Å². The quantitative estimate of drug-likeness (QED) is 0.758. The normalized spacial score (nSPS) is 14.7. The number of amides is 1. The Labute approximate surface area is 150 Å². The van der Waals surface area contributed by atoms with E-state index < -0.39 is 0 Å². The highest BCUT2D eigenvalue weighted by atomic mass is 32.1. The molecule has 1 aliphatic rings. The molecule has 4 rings (SSSR count). The largest absolute Gasteiger partial charge is 0.367 e. The van der Waals surface area contributed by atoms with Crippen molar-refractivity contribution < 1.29 is 4.79 Å². The molecule has 0 aliphatic carbocycles. The molecular formula is C18H19N5OS. The van der Waals surface area contributed by atoms with Gasteiger partial charge in [0.15, 0.2) is 0 Å². The van der Waals surface area contributed by atoms with Crippen molar-refractivity contribution >= 4 is 39.0 Å². The summed E-state index contributed by atoms with van der Waals surface area (Å²) in [5, 5.41) is 7.33. The number of para-hydroxylation sites is 2. The first kappa shape index (κ1) is 16.0. The van der Waals surface area contributed by atoms with Gasteiger partial charge in [-0.2, -0.15) is 4.37 Å². The maximum absolute atomic E-state index is 12.7. The van der Waals surface area contributed by atoms with Crippen molar-refractivity contribution in [1.82, 2.24) is 14.7 Å². The fraction of sp³-hybridized carbons (Fsp3) is 0.278. The molecule has 1 saturated heterocycles. The summed E-state index contributed by atoms with van der Waals surface area (Å²) in [5.41, 5.74) is 3.34. The summed E-state index contributed by atoms with van der Waals surface area (Å²) in [7, 11) is 0. The SMILES string of the molecule is Cc1nsc2ncc(C(=O)Nc3ccccc3N3CCNCC3)cc12. The molecule has 1 amide bonds. The average molecular weight is 353 g/mol. The van der Waals surface area contributed by atoms with Crippen LogP contribution in [0.5, 0.6) is 0 Å². The lowest BCUT2D eigenvalue weighted by Gasteiger charge is -2.31. The van der Waals surface area contributed by atoms with Gasteiger partial charge in [-0.1, -0.05) is 12.1 Å². The molecule has 6 nitrogen and oxygen atoms in total. The van der Waals surface area contributed by atoms with Crippen LogP contribution in [0.4, 0.5) is 11.4 Å². The lowest BCUT2D eigenvalue weighted by Crippen LogP contribution is -2.43. The third-order valence-electron chi connectivity index (χ3n) is 4.38. The summed E-state index contributed by atoms with van der Waals surface area (Å²) in [6, 6.07) is 9.80. The van der Waals surface area contributed by atoms with Gasteiger partial charge in [0.05, 0.1) is 22.6 Å². The van der Waals surface area contributed by atoms with E-state index in [0.29, 0.717) is 5.56 Å². The predicted molar refractivity (Wildman–Crippen MR) is 102 cm³/mol. The highest BCUT2D eigenvalue weighted by Crippen LogP contribution is 2.27. The number of pyridine rings is 1. The third kappa shape index (κ3) is 3.20. The van der Waals surface area contributed by atoms with E-state index in [4.69, 9.17) is 0 Å². The van der Waals surface area contributed by atoms with Crippen LogP contribution in [0.3, 0.4) is 0 Å². The monoisotopic (exact) mass is 353 g/mol. The number of fused-ring (bicyclic) bond motifs is 1. The Morgan fingerprint density at radius 3 is 2.92 bits per heavy atom. The van der Waals surface area contributed by atoms with E-state index >= 15 is 0 Å². The first-order valence-corrected chi connectivity index (χ1v) is 9.08. The molecule has 7 heteroatoms. The van der Waals surface area contributed by atoms with Crippen LogP contribution < -0.4 is 15.5 Å². The van der Waals surface area contributed by atoms with Crippen molar-refractivity contribution in [3.05, 3.63) is 47.8 Å². The van der Waals surface area contributed by atoms with Crippen molar-refractivity contribution in [2.24, 2.45) is 0 Å². The molecule has 128 valence electrons. The first-order valence-electron chi connectivity index (χ1n) is 8.30. The minimum atomic E-state index is -0.150. The molecule has 1 fully saturated rings. The minimum Gasteiger partial charge on any atom is -0.367 e. The minimum absolute atomic E-state index is 0.150. The van der Waals surface area contributed by atoms with Crippen LogP contribution in [0.25, 0.3) is 10.2 Å². The average Bonchev–Trinajstić information content (AvgIpc) is 3.03. The van der Waals surface area contributed by atoms with Crippen LogP contribution in [0.2, 0.25) is 0 Å².